The lowest BCUT2D eigenvalue weighted by molar-refractivity contribution is 0.452. The van der Waals surface area contributed by atoms with E-state index in [-0.39, 0.29) is 0 Å². The number of fused-ring (bicyclic) bond motifs is 1. The summed E-state index contributed by atoms with van der Waals surface area (Å²) in [5.74, 6) is 0.513. The van der Waals surface area contributed by atoms with Crippen molar-refractivity contribution in [2.24, 2.45) is 0 Å². The number of aromatic nitrogens is 3. The topological polar surface area (TPSA) is 65.0 Å². The van der Waals surface area contributed by atoms with Crippen LogP contribution in [-0.4, -0.2) is 15.2 Å². The van der Waals surface area contributed by atoms with Crippen LogP contribution < -0.4 is 0 Å². The molecule has 0 bridgehead atoms. The molecular weight excluding hydrogens is 294 g/mol. The lowest BCUT2D eigenvalue weighted by Crippen LogP contribution is -1.73. The second-order valence-corrected chi connectivity index (χ2v) is 5.75. The average molecular weight is 301 g/mol. The first-order valence-electron chi connectivity index (χ1n) is 5.79. The van der Waals surface area contributed by atoms with E-state index in [2.05, 4.69) is 15.2 Å². The van der Waals surface area contributed by atoms with Gasteiger partial charge in [0.25, 0.3) is 16.3 Å². The first-order chi connectivity index (χ1) is 9.88. The summed E-state index contributed by atoms with van der Waals surface area (Å²) in [7, 11) is 0. The molecule has 4 rings (SSSR count). The van der Waals surface area contributed by atoms with Crippen LogP contribution in [0.5, 0.6) is 0 Å². The van der Waals surface area contributed by atoms with Crippen molar-refractivity contribution in [1.82, 2.24) is 15.2 Å². The Kier molecular flexibility index (Phi) is 2.79. The van der Waals surface area contributed by atoms with E-state index in [1.165, 1.54) is 11.8 Å². The average Bonchev–Trinajstić information content (AvgIpc) is 3.18. The van der Waals surface area contributed by atoms with E-state index in [9.17, 15) is 0 Å². The van der Waals surface area contributed by atoms with Crippen LogP contribution in [0.15, 0.2) is 61.1 Å². The molecule has 0 atom stereocenters. The normalized spacial score (nSPS) is 11.2. The number of oxazole rings is 1. The van der Waals surface area contributed by atoms with E-state index >= 15 is 0 Å². The maximum absolute atomic E-state index is 5.60. The van der Waals surface area contributed by atoms with Crippen molar-refractivity contribution in [1.29, 1.82) is 0 Å². The molecule has 0 aliphatic heterocycles. The molecule has 0 saturated carbocycles. The molecule has 20 heavy (non-hydrogen) atoms. The molecule has 0 aliphatic carbocycles. The molecule has 5 nitrogen and oxygen atoms in total. The molecule has 0 amide bonds. The predicted molar refractivity (Wildman–Crippen MR) is 75.7 cm³/mol. The minimum absolute atomic E-state index is 0.417. The maximum Gasteiger partial charge on any atom is 0.286 e. The second-order valence-electron chi connectivity index (χ2n) is 3.90. The highest BCUT2D eigenvalue weighted by Crippen LogP contribution is 2.31. The number of nitrogens with zero attached hydrogens (tertiary/aromatic N) is 3. The summed E-state index contributed by atoms with van der Waals surface area (Å²) < 4.78 is 11.2. The third-order valence-electron chi connectivity index (χ3n) is 2.59. The van der Waals surface area contributed by atoms with Crippen LogP contribution in [0.4, 0.5) is 0 Å². The van der Waals surface area contributed by atoms with E-state index < -0.39 is 0 Å². The van der Waals surface area contributed by atoms with E-state index in [1.807, 2.05) is 41.8 Å². The summed E-state index contributed by atoms with van der Waals surface area (Å²) in [4.78, 5) is 5.30. The molecule has 7 heteroatoms. The maximum atomic E-state index is 5.60. The van der Waals surface area contributed by atoms with Gasteiger partial charge in [-0.1, -0.05) is 18.2 Å². The number of rotatable bonds is 3. The molecule has 0 spiro atoms. The second kappa shape index (κ2) is 4.77. The molecule has 0 fully saturated rings. The highest BCUT2D eigenvalue weighted by atomic mass is 32.2. The molecule has 0 unspecified atom stereocenters. The minimum atomic E-state index is 0.417. The lowest BCUT2D eigenvalue weighted by atomic mass is 10.3. The number of benzene rings is 1. The number of para-hydroxylation sites is 2. The smallest absolute Gasteiger partial charge is 0.286 e. The van der Waals surface area contributed by atoms with Crippen molar-refractivity contribution >= 4 is 34.2 Å². The Labute approximate surface area is 121 Å². The molecule has 4 aromatic rings. The van der Waals surface area contributed by atoms with Gasteiger partial charge in [-0.05, 0) is 23.6 Å². The Morgan fingerprint density at radius 1 is 0.950 bits per heavy atom. The van der Waals surface area contributed by atoms with Crippen LogP contribution in [0.25, 0.3) is 21.9 Å². The summed E-state index contributed by atoms with van der Waals surface area (Å²) in [5, 5.41) is 10.9. The van der Waals surface area contributed by atoms with Crippen molar-refractivity contribution in [3.63, 3.8) is 0 Å². The van der Waals surface area contributed by atoms with Gasteiger partial charge in [-0.25, -0.2) is 4.98 Å². The summed E-state index contributed by atoms with van der Waals surface area (Å²) in [5.41, 5.74) is 1.56. The molecule has 98 valence electrons. The predicted octanol–water partition coefficient (Wildman–Crippen LogP) is 4.09. The zero-order chi connectivity index (χ0) is 13.4. The van der Waals surface area contributed by atoms with Crippen molar-refractivity contribution in [2.45, 2.75) is 10.4 Å². The van der Waals surface area contributed by atoms with Crippen LogP contribution in [0, 0.1) is 0 Å². The molecule has 0 aliphatic rings. The Hall–Kier alpha value is -2.12. The fourth-order valence-corrected chi connectivity index (χ4v) is 2.99. The standard InChI is InChI=1S/C13H7N3O2S2/c1-2-5-9-8(4-1)14-12(17-9)20-13-16-15-11(18-13)10-6-3-7-19-10/h1-7H. The highest BCUT2D eigenvalue weighted by Gasteiger charge is 2.14. The number of thiophene rings is 1. The minimum Gasteiger partial charge on any atom is -0.431 e. The van der Waals surface area contributed by atoms with Crippen molar-refractivity contribution in [3.05, 3.63) is 41.8 Å². The lowest BCUT2D eigenvalue weighted by Gasteiger charge is -1.87. The monoisotopic (exact) mass is 301 g/mol. The Morgan fingerprint density at radius 2 is 1.90 bits per heavy atom. The molecule has 3 heterocycles. The summed E-state index contributed by atoms with van der Waals surface area (Å²) in [6, 6.07) is 11.5. The third-order valence-corrected chi connectivity index (χ3v) is 4.13. The van der Waals surface area contributed by atoms with Crippen LogP contribution in [0.2, 0.25) is 0 Å². The van der Waals surface area contributed by atoms with E-state index in [4.69, 9.17) is 8.83 Å². The van der Waals surface area contributed by atoms with Gasteiger partial charge in [-0.2, -0.15) is 0 Å². The third kappa shape index (κ3) is 2.10. The zero-order valence-corrected chi connectivity index (χ0v) is 11.6. The van der Waals surface area contributed by atoms with Crippen LogP contribution in [-0.2, 0) is 0 Å². The molecule has 0 radical (unpaired) electrons. The van der Waals surface area contributed by atoms with Gasteiger partial charge in [0.1, 0.15) is 5.52 Å². The number of hydrogen-bond donors (Lipinski definition) is 0. The number of hydrogen-bond acceptors (Lipinski definition) is 7. The summed E-state index contributed by atoms with van der Waals surface area (Å²) >= 11 is 2.77. The Morgan fingerprint density at radius 3 is 2.75 bits per heavy atom. The quantitative estimate of drug-likeness (QED) is 0.568. The summed E-state index contributed by atoms with van der Waals surface area (Å²) in [6.07, 6.45) is 0. The van der Waals surface area contributed by atoms with Crippen LogP contribution in [0.1, 0.15) is 0 Å². The first kappa shape index (κ1) is 11.7. The van der Waals surface area contributed by atoms with Gasteiger partial charge in [0.15, 0.2) is 5.58 Å². The van der Waals surface area contributed by atoms with E-state index in [1.54, 1.807) is 11.3 Å². The molecular formula is C13H7N3O2S2. The fourth-order valence-electron chi connectivity index (χ4n) is 1.72. The van der Waals surface area contributed by atoms with Crippen molar-refractivity contribution in [2.75, 3.05) is 0 Å². The van der Waals surface area contributed by atoms with Gasteiger partial charge < -0.3 is 8.83 Å². The largest absolute Gasteiger partial charge is 0.431 e. The first-order valence-corrected chi connectivity index (χ1v) is 7.49. The van der Waals surface area contributed by atoms with Gasteiger partial charge in [0, 0.05) is 11.8 Å². The van der Waals surface area contributed by atoms with Crippen molar-refractivity contribution in [3.8, 4) is 10.8 Å². The van der Waals surface area contributed by atoms with Gasteiger partial charge in [-0.3, -0.25) is 0 Å². The molecule has 3 aromatic heterocycles. The van der Waals surface area contributed by atoms with Gasteiger partial charge >= 0.3 is 0 Å². The van der Waals surface area contributed by atoms with E-state index in [0.717, 1.165) is 16.0 Å². The Bertz CT molecular complexity index is 818. The summed E-state index contributed by atoms with van der Waals surface area (Å²) in [6.45, 7) is 0. The Balaban J connectivity index is 1.62. The molecule has 1 aromatic carbocycles. The van der Waals surface area contributed by atoms with Crippen LogP contribution >= 0.6 is 23.1 Å². The SMILES string of the molecule is c1csc(-c2nnc(Sc3nc4ccccc4o3)o2)c1. The van der Waals surface area contributed by atoms with E-state index in [0.29, 0.717) is 16.3 Å². The highest BCUT2D eigenvalue weighted by molar-refractivity contribution is 7.98. The van der Waals surface area contributed by atoms with Crippen LogP contribution in [0.3, 0.4) is 0 Å². The molecule has 0 N–H and O–H groups in total. The fraction of sp³-hybridized carbons (Fsp3) is 0. The van der Waals surface area contributed by atoms with Gasteiger partial charge in [0.2, 0.25) is 0 Å². The van der Waals surface area contributed by atoms with Gasteiger partial charge in [-0.15, -0.1) is 21.5 Å². The van der Waals surface area contributed by atoms with Gasteiger partial charge in [0.05, 0.1) is 4.88 Å². The van der Waals surface area contributed by atoms with Crippen molar-refractivity contribution < 1.29 is 8.83 Å². The molecule has 0 saturated heterocycles. The zero-order valence-electron chi connectivity index (χ0n) is 10.0.